The number of rotatable bonds is 1. The minimum atomic E-state index is -0.145. The molecule has 1 heterocycles. The number of nitrogen functional groups attached to an aromatic ring is 1. The lowest BCUT2D eigenvalue weighted by Crippen LogP contribution is -2.51. The number of benzene rings is 1. The molecule has 1 fully saturated rings. The maximum absolute atomic E-state index is 13.4. The van der Waals surface area contributed by atoms with Gasteiger partial charge in [-0.25, -0.2) is 0 Å². The van der Waals surface area contributed by atoms with E-state index >= 15 is 0 Å². The summed E-state index contributed by atoms with van der Waals surface area (Å²) in [5, 5.41) is 13.4. The lowest BCUT2D eigenvalue weighted by Gasteiger charge is -2.45. The van der Waals surface area contributed by atoms with E-state index in [0.29, 0.717) is 12.2 Å². The second kappa shape index (κ2) is 3.72. The van der Waals surface area contributed by atoms with Gasteiger partial charge in [0.25, 0.3) is 0 Å². The Labute approximate surface area is 109 Å². The molecule has 0 spiro atoms. The molecule has 1 atom stereocenters. The summed E-state index contributed by atoms with van der Waals surface area (Å²) in [5.74, 6) is 0. The van der Waals surface area contributed by atoms with Crippen LogP contribution in [0.5, 0.6) is 0 Å². The van der Waals surface area contributed by atoms with Crippen LogP contribution in [0.4, 0.5) is 11.4 Å². The zero-order valence-corrected chi connectivity index (χ0v) is 11.3. The first-order chi connectivity index (χ1) is 8.43. The summed E-state index contributed by atoms with van der Waals surface area (Å²) in [7, 11) is 0. The van der Waals surface area contributed by atoms with E-state index < -0.39 is 0 Å². The van der Waals surface area contributed by atoms with E-state index in [9.17, 15) is 5.21 Å². The standard InChI is InChI=1S/C15H22N2O/c1-15(2)10-17(18,12-5-3-4-6-12)14-9-11(16)7-8-13(14)15/h7-9,12H,3-6,10,16H2,1-2H3. The van der Waals surface area contributed by atoms with E-state index in [0.717, 1.165) is 18.5 Å². The maximum atomic E-state index is 13.4. The Morgan fingerprint density at radius 3 is 2.61 bits per heavy atom. The van der Waals surface area contributed by atoms with Crippen molar-refractivity contribution in [2.45, 2.75) is 51.0 Å². The summed E-state index contributed by atoms with van der Waals surface area (Å²) in [6.45, 7) is 5.01. The van der Waals surface area contributed by atoms with Gasteiger partial charge >= 0.3 is 0 Å². The minimum absolute atomic E-state index is 0.0344. The number of nitrogens with zero attached hydrogens (tertiary/aromatic N) is 1. The Hall–Kier alpha value is -1.06. The topological polar surface area (TPSA) is 49.1 Å². The number of hydrogen-bond donors (Lipinski definition) is 1. The molecule has 1 aliphatic heterocycles. The van der Waals surface area contributed by atoms with Gasteiger partial charge in [0.15, 0.2) is 0 Å². The molecule has 0 aromatic heterocycles. The number of anilines is 1. The van der Waals surface area contributed by atoms with E-state index in [1.54, 1.807) is 0 Å². The SMILES string of the molecule is CC1(C)C[N+]([O-])(C2CCCC2)c2cc(N)ccc21. The largest absolute Gasteiger partial charge is 0.627 e. The van der Waals surface area contributed by atoms with Crippen molar-refractivity contribution in [3.63, 3.8) is 0 Å². The van der Waals surface area contributed by atoms with E-state index in [4.69, 9.17) is 5.73 Å². The molecule has 3 heteroatoms. The van der Waals surface area contributed by atoms with Crippen LogP contribution in [0.2, 0.25) is 0 Å². The van der Waals surface area contributed by atoms with Gasteiger partial charge in [-0.2, -0.15) is 0 Å². The fourth-order valence-corrected chi connectivity index (χ4v) is 3.84. The normalized spacial score (nSPS) is 30.6. The molecule has 0 bridgehead atoms. The number of hydroxylamine groups is 2. The minimum Gasteiger partial charge on any atom is -0.627 e. The second-order valence-electron chi connectivity index (χ2n) is 6.55. The van der Waals surface area contributed by atoms with Crippen molar-refractivity contribution in [2.24, 2.45) is 0 Å². The average molecular weight is 246 g/mol. The van der Waals surface area contributed by atoms with E-state index in [1.807, 2.05) is 12.1 Å². The third-order valence-electron chi connectivity index (χ3n) is 4.70. The van der Waals surface area contributed by atoms with Gasteiger partial charge in [-0.05, 0) is 18.9 Å². The highest BCUT2D eigenvalue weighted by molar-refractivity contribution is 5.65. The van der Waals surface area contributed by atoms with Crippen molar-refractivity contribution in [1.29, 1.82) is 0 Å². The molecule has 0 radical (unpaired) electrons. The van der Waals surface area contributed by atoms with Crippen LogP contribution >= 0.6 is 0 Å². The number of quaternary nitrogens is 1. The molecule has 1 aromatic carbocycles. The molecule has 18 heavy (non-hydrogen) atoms. The van der Waals surface area contributed by atoms with Gasteiger partial charge < -0.3 is 15.6 Å². The fraction of sp³-hybridized carbons (Fsp3) is 0.600. The van der Waals surface area contributed by atoms with Crippen molar-refractivity contribution in [3.05, 3.63) is 29.0 Å². The van der Waals surface area contributed by atoms with Gasteiger partial charge in [0.05, 0.1) is 12.6 Å². The van der Waals surface area contributed by atoms with Gasteiger partial charge in [0.1, 0.15) is 5.69 Å². The Kier molecular flexibility index (Phi) is 2.48. The third kappa shape index (κ3) is 1.57. The molecule has 2 N–H and O–H groups in total. The van der Waals surface area contributed by atoms with Crippen molar-refractivity contribution in [1.82, 2.24) is 4.65 Å². The summed E-state index contributed by atoms with van der Waals surface area (Å²) in [4.78, 5) is 0. The Morgan fingerprint density at radius 1 is 1.28 bits per heavy atom. The van der Waals surface area contributed by atoms with Gasteiger partial charge in [-0.15, -0.1) is 0 Å². The van der Waals surface area contributed by atoms with Crippen LogP contribution in [0, 0.1) is 5.21 Å². The molecule has 0 amide bonds. The first-order valence-electron chi connectivity index (χ1n) is 6.93. The van der Waals surface area contributed by atoms with E-state index in [2.05, 4.69) is 19.9 Å². The number of nitrogens with two attached hydrogens (primary N) is 1. The van der Waals surface area contributed by atoms with Crippen LogP contribution in [-0.2, 0) is 5.41 Å². The molecule has 1 unspecified atom stereocenters. The van der Waals surface area contributed by atoms with Crippen molar-refractivity contribution >= 4 is 11.4 Å². The fourth-order valence-electron chi connectivity index (χ4n) is 3.84. The monoisotopic (exact) mass is 246 g/mol. The van der Waals surface area contributed by atoms with E-state index in [1.165, 1.54) is 18.4 Å². The van der Waals surface area contributed by atoms with Crippen LogP contribution in [-0.4, -0.2) is 12.6 Å². The zero-order valence-electron chi connectivity index (χ0n) is 11.3. The molecular formula is C15H22N2O. The second-order valence-corrected chi connectivity index (χ2v) is 6.55. The highest BCUT2D eigenvalue weighted by Gasteiger charge is 2.48. The molecule has 98 valence electrons. The summed E-state index contributed by atoms with van der Waals surface area (Å²) >= 11 is 0. The average Bonchev–Trinajstić information content (AvgIpc) is 2.86. The summed E-state index contributed by atoms with van der Waals surface area (Å²) in [6, 6.07) is 6.13. The first kappa shape index (κ1) is 12.0. The molecular weight excluding hydrogens is 224 g/mol. The molecule has 1 aliphatic carbocycles. The maximum Gasteiger partial charge on any atom is 0.139 e. The Morgan fingerprint density at radius 2 is 1.94 bits per heavy atom. The Balaban J connectivity index is 2.12. The van der Waals surface area contributed by atoms with Gasteiger partial charge in [0, 0.05) is 35.6 Å². The summed E-state index contributed by atoms with van der Waals surface area (Å²) in [5.41, 5.74) is 8.68. The predicted molar refractivity (Wildman–Crippen MR) is 76.2 cm³/mol. The highest BCUT2D eigenvalue weighted by atomic mass is 16.5. The van der Waals surface area contributed by atoms with Crippen molar-refractivity contribution < 1.29 is 0 Å². The van der Waals surface area contributed by atoms with Gasteiger partial charge in [-0.3, -0.25) is 0 Å². The molecule has 0 saturated heterocycles. The lowest BCUT2D eigenvalue weighted by atomic mass is 9.87. The quantitative estimate of drug-likeness (QED) is 0.469. The molecule has 3 rings (SSSR count). The smallest absolute Gasteiger partial charge is 0.139 e. The number of fused-ring (bicyclic) bond motifs is 1. The van der Waals surface area contributed by atoms with Crippen molar-refractivity contribution in [3.8, 4) is 0 Å². The molecule has 2 aliphatic rings. The van der Waals surface area contributed by atoms with Gasteiger partial charge in [-0.1, -0.05) is 19.9 Å². The predicted octanol–water partition coefficient (Wildman–Crippen LogP) is 3.31. The Bertz CT molecular complexity index is 477. The lowest BCUT2D eigenvalue weighted by molar-refractivity contribution is 0.263. The summed E-state index contributed by atoms with van der Waals surface area (Å²) in [6.07, 6.45) is 4.53. The third-order valence-corrected chi connectivity index (χ3v) is 4.70. The highest BCUT2D eigenvalue weighted by Crippen LogP contribution is 2.49. The van der Waals surface area contributed by atoms with Crippen LogP contribution in [0.25, 0.3) is 0 Å². The molecule has 3 nitrogen and oxygen atoms in total. The first-order valence-corrected chi connectivity index (χ1v) is 6.93. The molecule has 1 aromatic rings. The van der Waals surface area contributed by atoms with Crippen LogP contribution in [0.15, 0.2) is 18.2 Å². The zero-order chi connectivity index (χ0) is 13.0. The number of hydrogen-bond acceptors (Lipinski definition) is 2. The van der Waals surface area contributed by atoms with Crippen LogP contribution in [0.1, 0.15) is 45.1 Å². The van der Waals surface area contributed by atoms with Crippen LogP contribution < -0.4 is 10.4 Å². The van der Waals surface area contributed by atoms with Gasteiger partial charge in [0.2, 0.25) is 0 Å². The van der Waals surface area contributed by atoms with Crippen LogP contribution in [0.3, 0.4) is 0 Å². The van der Waals surface area contributed by atoms with E-state index in [-0.39, 0.29) is 16.1 Å². The molecule has 1 saturated carbocycles. The summed E-state index contributed by atoms with van der Waals surface area (Å²) < 4.78 is -0.145. The van der Waals surface area contributed by atoms with Crippen molar-refractivity contribution in [2.75, 3.05) is 12.3 Å².